The number of nitrogens with zero attached hydrogens (tertiary/aromatic N) is 4. The van der Waals surface area contributed by atoms with Crippen molar-refractivity contribution in [1.82, 2.24) is 14.4 Å². The van der Waals surface area contributed by atoms with Gasteiger partial charge in [-0.2, -0.15) is 4.98 Å². The molecular weight excluding hydrogens is 376 g/mol. The fourth-order valence-corrected chi connectivity index (χ4v) is 3.23. The molecule has 4 nitrogen and oxygen atoms in total. The number of imidazole rings is 1. The lowest BCUT2D eigenvalue weighted by atomic mass is 10.2. The Labute approximate surface area is 146 Å². The van der Waals surface area contributed by atoms with Crippen molar-refractivity contribution >= 4 is 55.7 Å². The van der Waals surface area contributed by atoms with Gasteiger partial charge in [0.2, 0.25) is 5.78 Å². The van der Waals surface area contributed by atoms with Crippen LogP contribution in [0.2, 0.25) is 5.02 Å². The van der Waals surface area contributed by atoms with E-state index in [4.69, 9.17) is 16.6 Å². The second kappa shape index (κ2) is 5.51. The fourth-order valence-electron chi connectivity index (χ4n) is 2.68. The van der Waals surface area contributed by atoms with Crippen molar-refractivity contribution in [3.8, 4) is 0 Å². The summed E-state index contributed by atoms with van der Waals surface area (Å²) in [7, 11) is 2.00. The van der Waals surface area contributed by atoms with Gasteiger partial charge in [0.15, 0.2) is 0 Å². The Bertz CT molecular complexity index is 1030. The summed E-state index contributed by atoms with van der Waals surface area (Å²) in [6.07, 6.45) is 3.63. The molecule has 4 rings (SSSR count). The summed E-state index contributed by atoms with van der Waals surface area (Å²) in [6.45, 7) is 0. The summed E-state index contributed by atoms with van der Waals surface area (Å²) in [5.41, 5.74) is 2.02. The number of hydrogen-bond acceptors (Lipinski definition) is 3. The standard InChI is InChI=1S/C17H12BrClN4/c1-22(13-4-2-3-11(18)9-13)16-14-6-5-12(19)10-15(14)23-8-7-20-17(23)21-16/h2-10H,1H3. The molecule has 0 radical (unpaired) electrons. The molecule has 0 aliphatic carbocycles. The molecule has 0 saturated carbocycles. The van der Waals surface area contributed by atoms with Crippen LogP contribution in [0.1, 0.15) is 0 Å². The molecule has 0 amide bonds. The van der Waals surface area contributed by atoms with Gasteiger partial charge in [-0.15, -0.1) is 0 Å². The summed E-state index contributed by atoms with van der Waals surface area (Å²) in [6, 6.07) is 13.9. The van der Waals surface area contributed by atoms with E-state index in [2.05, 4.69) is 31.9 Å². The number of fused-ring (bicyclic) bond motifs is 3. The van der Waals surface area contributed by atoms with Gasteiger partial charge in [-0.1, -0.05) is 33.6 Å². The van der Waals surface area contributed by atoms with E-state index in [-0.39, 0.29) is 0 Å². The van der Waals surface area contributed by atoms with Crippen LogP contribution in [0.3, 0.4) is 0 Å². The van der Waals surface area contributed by atoms with Gasteiger partial charge in [-0.05, 0) is 36.4 Å². The molecule has 0 saturated heterocycles. The number of aromatic nitrogens is 3. The number of hydrogen-bond donors (Lipinski definition) is 0. The Hall–Kier alpha value is -2.11. The fraction of sp³-hybridized carbons (Fsp3) is 0.0588. The molecule has 0 aliphatic rings. The van der Waals surface area contributed by atoms with Crippen LogP contribution in [0.5, 0.6) is 0 Å². The average Bonchev–Trinajstić information content (AvgIpc) is 3.02. The molecule has 23 heavy (non-hydrogen) atoms. The molecular formula is C17H12BrClN4. The zero-order valence-electron chi connectivity index (χ0n) is 12.2. The molecule has 0 fully saturated rings. The molecule has 0 atom stereocenters. The largest absolute Gasteiger partial charge is 0.329 e. The van der Waals surface area contributed by atoms with Crippen molar-refractivity contribution in [1.29, 1.82) is 0 Å². The van der Waals surface area contributed by atoms with Gasteiger partial charge in [-0.3, -0.25) is 4.40 Å². The van der Waals surface area contributed by atoms with Crippen LogP contribution in [0.25, 0.3) is 16.7 Å². The first-order valence-electron chi connectivity index (χ1n) is 7.05. The maximum absolute atomic E-state index is 6.18. The molecule has 0 aliphatic heterocycles. The summed E-state index contributed by atoms with van der Waals surface area (Å²) in [5.74, 6) is 1.49. The average molecular weight is 388 g/mol. The Balaban J connectivity index is 2.01. The van der Waals surface area contributed by atoms with Crippen molar-refractivity contribution in [2.45, 2.75) is 0 Å². The maximum Gasteiger partial charge on any atom is 0.236 e. The summed E-state index contributed by atoms with van der Waals surface area (Å²) >= 11 is 9.70. The highest BCUT2D eigenvalue weighted by Gasteiger charge is 2.14. The molecule has 0 unspecified atom stereocenters. The van der Waals surface area contributed by atoms with Crippen LogP contribution in [-0.2, 0) is 0 Å². The molecule has 2 heterocycles. The maximum atomic E-state index is 6.18. The van der Waals surface area contributed by atoms with Crippen molar-refractivity contribution in [2.24, 2.45) is 0 Å². The molecule has 0 bridgehead atoms. The number of halogens is 2. The van der Waals surface area contributed by atoms with Crippen molar-refractivity contribution < 1.29 is 0 Å². The molecule has 4 aromatic rings. The molecule has 0 spiro atoms. The zero-order chi connectivity index (χ0) is 16.0. The molecule has 0 N–H and O–H groups in total. The van der Waals surface area contributed by atoms with Crippen LogP contribution in [0.15, 0.2) is 59.3 Å². The van der Waals surface area contributed by atoms with Crippen LogP contribution >= 0.6 is 27.5 Å². The Morgan fingerprint density at radius 3 is 2.87 bits per heavy atom. The summed E-state index contributed by atoms with van der Waals surface area (Å²) in [5, 5.41) is 1.71. The predicted molar refractivity (Wildman–Crippen MR) is 97.7 cm³/mol. The number of benzene rings is 2. The van der Waals surface area contributed by atoms with Gasteiger partial charge in [-0.25, -0.2) is 4.98 Å². The molecule has 6 heteroatoms. The Kier molecular flexibility index (Phi) is 3.47. The van der Waals surface area contributed by atoms with E-state index in [1.807, 2.05) is 54.0 Å². The van der Waals surface area contributed by atoms with Gasteiger partial charge >= 0.3 is 0 Å². The third-order valence-corrected chi connectivity index (χ3v) is 4.53. The zero-order valence-corrected chi connectivity index (χ0v) is 14.6. The van der Waals surface area contributed by atoms with E-state index in [1.165, 1.54) is 0 Å². The van der Waals surface area contributed by atoms with Crippen molar-refractivity contribution in [2.75, 3.05) is 11.9 Å². The first-order valence-corrected chi connectivity index (χ1v) is 8.22. The monoisotopic (exact) mass is 386 g/mol. The summed E-state index contributed by atoms with van der Waals surface area (Å²) in [4.78, 5) is 11.1. The van der Waals surface area contributed by atoms with Crippen LogP contribution < -0.4 is 4.90 Å². The van der Waals surface area contributed by atoms with Gasteiger partial charge in [0.25, 0.3) is 0 Å². The van der Waals surface area contributed by atoms with E-state index in [0.29, 0.717) is 10.8 Å². The highest BCUT2D eigenvalue weighted by Crippen LogP contribution is 2.32. The highest BCUT2D eigenvalue weighted by atomic mass is 79.9. The lowest BCUT2D eigenvalue weighted by Gasteiger charge is -2.21. The van der Waals surface area contributed by atoms with Crippen LogP contribution in [0.4, 0.5) is 11.5 Å². The van der Waals surface area contributed by atoms with Gasteiger partial charge in [0.05, 0.1) is 5.52 Å². The third kappa shape index (κ3) is 2.46. The van der Waals surface area contributed by atoms with Crippen LogP contribution in [-0.4, -0.2) is 21.4 Å². The minimum atomic E-state index is 0.650. The second-order valence-electron chi connectivity index (χ2n) is 5.23. The predicted octanol–water partition coefficient (Wildman–Crippen LogP) is 5.07. The van der Waals surface area contributed by atoms with Gasteiger partial charge < -0.3 is 4.90 Å². The lowest BCUT2D eigenvalue weighted by Crippen LogP contribution is -2.13. The van der Waals surface area contributed by atoms with Crippen LogP contribution in [0, 0.1) is 0 Å². The van der Waals surface area contributed by atoms with E-state index in [9.17, 15) is 0 Å². The van der Waals surface area contributed by atoms with Crippen molar-refractivity contribution in [3.05, 3.63) is 64.4 Å². The normalized spacial score (nSPS) is 11.3. The van der Waals surface area contributed by atoms with Gasteiger partial charge in [0, 0.05) is 40.0 Å². The van der Waals surface area contributed by atoms with Gasteiger partial charge in [0.1, 0.15) is 5.82 Å². The number of anilines is 2. The first-order chi connectivity index (χ1) is 11.1. The second-order valence-corrected chi connectivity index (χ2v) is 6.59. The van der Waals surface area contributed by atoms with Crippen molar-refractivity contribution in [3.63, 3.8) is 0 Å². The van der Waals surface area contributed by atoms with E-state index < -0.39 is 0 Å². The van der Waals surface area contributed by atoms with E-state index >= 15 is 0 Å². The van der Waals surface area contributed by atoms with E-state index in [1.54, 1.807) is 6.20 Å². The Morgan fingerprint density at radius 2 is 2.04 bits per heavy atom. The molecule has 2 aromatic carbocycles. The molecule has 114 valence electrons. The highest BCUT2D eigenvalue weighted by molar-refractivity contribution is 9.10. The first kappa shape index (κ1) is 14.5. The topological polar surface area (TPSA) is 33.4 Å². The molecule has 2 aromatic heterocycles. The summed E-state index contributed by atoms with van der Waals surface area (Å²) < 4.78 is 2.97. The quantitative estimate of drug-likeness (QED) is 0.482. The number of rotatable bonds is 2. The van der Waals surface area contributed by atoms with E-state index in [0.717, 1.165) is 26.9 Å². The lowest BCUT2D eigenvalue weighted by molar-refractivity contribution is 1.10. The Morgan fingerprint density at radius 1 is 1.17 bits per heavy atom. The third-order valence-electron chi connectivity index (χ3n) is 3.80. The minimum Gasteiger partial charge on any atom is -0.329 e. The minimum absolute atomic E-state index is 0.650. The SMILES string of the molecule is CN(c1cccc(Br)c1)c1nc2nccn2c2cc(Cl)ccc12. The smallest absolute Gasteiger partial charge is 0.236 e.